The van der Waals surface area contributed by atoms with Crippen LogP contribution >= 0.6 is 0 Å². The smallest absolute Gasteiger partial charge is 0.296 e. The lowest BCUT2D eigenvalue weighted by Gasteiger charge is -2.25. The average molecular weight is 415 g/mol. The van der Waals surface area contributed by atoms with Gasteiger partial charge in [-0.1, -0.05) is 48.5 Å². The molecule has 1 aliphatic heterocycles. The van der Waals surface area contributed by atoms with Gasteiger partial charge in [0.25, 0.3) is 17.4 Å². The molecule has 0 radical (unpaired) electrons. The normalized spacial score (nSPS) is 17.7. The molecule has 2 heterocycles. The number of nitro benzene ring substituents is 1. The van der Waals surface area contributed by atoms with Crippen LogP contribution in [0.15, 0.2) is 84.6 Å². The van der Waals surface area contributed by atoms with Crippen LogP contribution in [-0.4, -0.2) is 31.6 Å². The third kappa shape index (κ3) is 3.78. The molecule has 1 aliphatic rings. The second kappa shape index (κ2) is 8.19. The van der Waals surface area contributed by atoms with E-state index in [4.69, 9.17) is 0 Å². The Morgan fingerprint density at radius 3 is 2.45 bits per heavy atom. The molecule has 1 fully saturated rings. The third-order valence-electron chi connectivity index (χ3n) is 5.04. The number of hydrogen-bond acceptors (Lipinski definition) is 6. The Morgan fingerprint density at radius 1 is 1.03 bits per heavy atom. The zero-order chi connectivity index (χ0) is 22.0. The Kier molecular flexibility index (Phi) is 5.28. The molecule has 1 saturated heterocycles. The monoisotopic (exact) mass is 415 g/mol. The maximum absolute atomic E-state index is 13.0. The first-order valence-electron chi connectivity index (χ1n) is 9.45. The molecule has 8 heteroatoms. The molecule has 31 heavy (non-hydrogen) atoms. The van der Waals surface area contributed by atoms with Crippen LogP contribution in [0, 0.1) is 10.1 Å². The number of non-ortho nitro benzene ring substituents is 1. The fourth-order valence-electron chi connectivity index (χ4n) is 3.61. The van der Waals surface area contributed by atoms with E-state index >= 15 is 0 Å². The molecule has 1 aromatic heterocycles. The number of likely N-dealkylation sites (tertiary alicyclic amines) is 1. The lowest BCUT2D eigenvalue weighted by atomic mass is 9.95. The van der Waals surface area contributed by atoms with E-state index in [9.17, 15) is 24.8 Å². The van der Waals surface area contributed by atoms with Crippen molar-refractivity contribution in [2.75, 3.05) is 0 Å². The summed E-state index contributed by atoms with van der Waals surface area (Å²) in [5.74, 6) is -2.08. The fraction of sp³-hybridized carbons (Fsp3) is 0.0870. The summed E-state index contributed by atoms with van der Waals surface area (Å²) in [6.07, 6.45) is 1.59. The topological polar surface area (TPSA) is 114 Å². The van der Waals surface area contributed by atoms with Gasteiger partial charge in [0, 0.05) is 23.9 Å². The van der Waals surface area contributed by atoms with Crippen LogP contribution in [0.1, 0.15) is 22.9 Å². The molecule has 0 bridgehead atoms. The number of pyridine rings is 1. The summed E-state index contributed by atoms with van der Waals surface area (Å²) >= 11 is 0. The van der Waals surface area contributed by atoms with Crippen molar-refractivity contribution < 1.29 is 19.6 Å². The lowest BCUT2D eigenvalue weighted by molar-refractivity contribution is -0.384. The Bertz CT molecular complexity index is 1190. The minimum atomic E-state index is -0.859. The minimum Gasteiger partial charge on any atom is -0.507 e. The highest BCUT2D eigenvalue weighted by Gasteiger charge is 2.46. The van der Waals surface area contributed by atoms with Gasteiger partial charge in [-0.2, -0.15) is 0 Å². The van der Waals surface area contributed by atoms with Crippen molar-refractivity contribution in [3.05, 3.63) is 112 Å². The molecular weight excluding hydrogens is 398 g/mol. The Hall–Kier alpha value is -4.33. The van der Waals surface area contributed by atoms with Gasteiger partial charge < -0.3 is 10.0 Å². The number of aliphatic hydroxyl groups excluding tert-OH is 1. The highest BCUT2D eigenvalue weighted by atomic mass is 16.6. The number of amides is 1. The van der Waals surface area contributed by atoms with E-state index in [2.05, 4.69) is 4.98 Å². The van der Waals surface area contributed by atoms with Gasteiger partial charge in [0.2, 0.25) is 0 Å². The Labute approximate surface area is 177 Å². The van der Waals surface area contributed by atoms with Crippen LogP contribution in [0.5, 0.6) is 0 Å². The van der Waals surface area contributed by atoms with Crippen molar-refractivity contribution in [1.82, 2.24) is 9.88 Å². The number of aromatic nitrogens is 1. The van der Waals surface area contributed by atoms with Crippen LogP contribution < -0.4 is 0 Å². The molecule has 154 valence electrons. The summed E-state index contributed by atoms with van der Waals surface area (Å²) in [5.41, 5.74) is 0.951. The van der Waals surface area contributed by atoms with Gasteiger partial charge in [-0.15, -0.1) is 0 Å². The van der Waals surface area contributed by atoms with Crippen LogP contribution in [0.3, 0.4) is 0 Å². The lowest BCUT2D eigenvalue weighted by Crippen LogP contribution is -2.29. The minimum absolute atomic E-state index is 0.0662. The number of hydrogen-bond donors (Lipinski definition) is 1. The number of carbonyl (C=O) groups excluding carboxylic acids is 2. The van der Waals surface area contributed by atoms with E-state index in [0.29, 0.717) is 11.3 Å². The predicted octanol–water partition coefficient (Wildman–Crippen LogP) is 3.61. The van der Waals surface area contributed by atoms with E-state index < -0.39 is 28.4 Å². The van der Waals surface area contributed by atoms with Crippen molar-refractivity contribution in [2.45, 2.75) is 12.6 Å². The van der Waals surface area contributed by atoms with Crippen LogP contribution in [0.25, 0.3) is 5.76 Å². The summed E-state index contributed by atoms with van der Waals surface area (Å²) < 4.78 is 0. The Morgan fingerprint density at radius 2 is 1.77 bits per heavy atom. The number of rotatable bonds is 5. The first-order valence-corrected chi connectivity index (χ1v) is 9.45. The van der Waals surface area contributed by atoms with Crippen LogP contribution in [-0.2, 0) is 16.1 Å². The van der Waals surface area contributed by atoms with Gasteiger partial charge in [0.1, 0.15) is 5.76 Å². The van der Waals surface area contributed by atoms with Gasteiger partial charge in [-0.25, -0.2) is 0 Å². The number of benzene rings is 2. The highest BCUT2D eigenvalue weighted by molar-refractivity contribution is 6.46. The number of Topliss-reactive ketones (excluding diaryl/α,β-unsaturated/α-hetero) is 1. The molecule has 8 nitrogen and oxygen atoms in total. The first-order chi connectivity index (χ1) is 15.0. The average Bonchev–Trinajstić information content (AvgIpc) is 3.05. The second-order valence-electron chi connectivity index (χ2n) is 6.97. The van der Waals surface area contributed by atoms with Gasteiger partial charge >= 0.3 is 0 Å². The van der Waals surface area contributed by atoms with E-state index in [-0.39, 0.29) is 23.4 Å². The number of nitro groups is 1. The molecule has 4 rings (SSSR count). The van der Waals surface area contributed by atoms with E-state index in [0.717, 1.165) is 0 Å². The number of ketones is 1. The van der Waals surface area contributed by atoms with Crippen molar-refractivity contribution in [1.29, 1.82) is 0 Å². The number of aliphatic hydroxyl groups is 1. The largest absolute Gasteiger partial charge is 0.507 e. The quantitative estimate of drug-likeness (QED) is 0.224. The molecule has 2 aromatic carbocycles. The van der Waals surface area contributed by atoms with E-state index in [1.54, 1.807) is 54.7 Å². The van der Waals surface area contributed by atoms with Crippen molar-refractivity contribution in [3.8, 4) is 0 Å². The zero-order valence-electron chi connectivity index (χ0n) is 16.2. The number of carbonyl (C=O) groups is 2. The second-order valence-corrected chi connectivity index (χ2v) is 6.97. The molecule has 1 amide bonds. The summed E-state index contributed by atoms with van der Waals surface area (Å²) in [7, 11) is 0. The van der Waals surface area contributed by atoms with Gasteiger partial charge in [-0.05, 0) is 17.7 Å². The molecule has 1 N–H and O–H groups in total. The van der Waals surface area contributed by atoms with Gasteiger partial charge in [-0.3, -0.25) is 24.7 Å². The molecule has 3 aromatic rings. The van der Waals surface area contributed by atoms with Gasteiger partial charge in [0.15, 0.2) is 0 Å². The van der Waals surface area contributed by atoms with Crippen molar-refractivity contribution in [2.24, 2.45) is 0 Å². The zero-order valence-corrected chi connectivity index (χ0v) is 16.2. The summed E-state index contributed by atoms with van der Waals surface area (Å²) in [6.45, 7) is 0.0662. The predicted molar refractivity (Wildman–Crippen MR) is 112 cm³/mol. The Balaban J connectivity index is 1.86. The van der Waals surface area contributed by atoms with Crippen LogP contribution in [0.4, 0.5) is 5.69 Å². The van der Waals surface area contributed by atoms with Crippen LogP contribution in [0.2, 0.25) is 0 Å². The molecular formula is C23H17N3O5. The maximum atomic E-state index is 13.0. The van der Waals surface area contributed by atoms with E-state index in [1.807, 2.05) is 0 Å². The highest BCUT2D eigenvalue weighted by Crippen LogP contribution is 2.40. The fourth-order valence-corrected chi connectivity index (χ4v) is 3.61. The molecule has 1 atom stereocenters. The standard InChI is InChI=1S/C23H17N3O5/c27-21(16-9-6-11-18(13-16)26(30)31)19-20(15-7-2-1-3-8-15)25(23(29)22(19)28)14-17-10-4-5-12-24-17/h1-13,20,27H,14H2/b21-19-. The number of nitrogens with zero attached hydrogens (tertiary/aromatic N) is 3. The molecule has 0 spiro atoms. The first kappa shape index (κ1) is 20.0. The maximum Gasteiger partial charge on any atom is 0.296 e. The SMILES string of the molecule is O=C1C(=O)N(Cc2ccccn2)C(c2ccccc2)/C1=C(/O)c1cccc([N+](=O)[O-])c1. The molecule has 0 aliphatic carbocycles. The van der Waals surface area contributed by atoms with Gasteiger partial charge in [0.05, 0.1) is 28.8 Å². The summed E-state index contributed by atoms with van der Waals surface area (Å²) in [6, 6.07) is 18.6. The summed E-state index contributed by atoms with van der Waals surface area (Å²) in [4.78, 5) is 42.0. The third-order valence-corrected chi connectivity index (χ3v) is 5.04. The van der Waals surface area contributed by atoms with Crippen molar-refractivity contribution >= 4 is 23.1 Å². The van der Waals surface area contributed by atoms with E-state index in [1.165, 1.54) is 29.2 Å². The summed E-state index contributed by atoms with van der Waals surface area (Å²) in [5, 5.41) is 22.1. The molecule has 0 saturated carbocycles. The van der Waals surface area contributed by atoms with Crippen molar-refractivity contribution in [3.63, 3.8) is 0 Å². The molecule has 1 unspecified atom stereocenters.